The monoisotopic (exact) mass is 355 g/mol. The highest BCUT2D eigenvalue weighted by atomic mass is 35.5. The maximum atomic E-state index is 13.1. The summed E-state index contributed by atoms with van der Waals surface area (Å²) in [5.74, 6) is -0.524. The van der Waals surface area contributed by atoms with Crippen molar-refractivity contribution >= 4 is 34.8 Å². The highest BCUT2D eigenvalue weighted by Crippen LogP contribution is 2.28. The van der Waals surface area contributed by atoms with Crippen LogP contribution in [0, 0.1) is 11.7 Å². The number of nitrogens with one attached hydrogen (secondary N) is 1. The number of benzene rings is 1. The Kier molecular flexibility index (Phi) is 5.68. The Hall–Kier alpha value is -1.99. The van der Waals surface area contributed by atoms with Gasteiger partial charge in [-0.15, -0.1) is 11.3 Å². The van der Waals surface area contributed by atoms with Gasteiger partial charge in [0.1, 0.15) is 15.7 Å². The second-order valence-corrected chi connectivity index (χ2v) is 6.50. The number of primary amides is 1. The zero-order chi connectivity index (χ0) is 17.0. The number of rotatable bonds is 2. The van der Waals surface area contributed by atoms with Gasteiger partial charge in [-0.05, 0) is 24.6 Å². The first-order valence-electron chi connectivity index (χ1n) is 6.86. The van der Waals surface area contributed by atoms with Crippen molar-refractivity contribution in [3.8, 4) is 10.6 Å². The van der Waals surface area contributed by atoms with Gasteiger partial charge in [0.2, 0.25) is 5.91 Å². The normalized spacial score (nSPS) is 16.5. The van der Waals surface area contributed by atoms with Gasteiger partial charge >= 0.3 is 0 Å². The number of carbonyl (C=O) groups excluding carboxylic acids is 2. The third-order valence-electron chi connectivity index (χ3n) is 3.18. The second-order valence-electron chi connectivity index (χ2n) is 5.03. The van der Waals surface area contributed by atoms with Crippen LogP contribution in [-0.4, -0.2) is 23.3 Å². The quantitative estimate of drug-likeness (QED) is 0.868. The van der Waals surface area contributed by atoms with Crippen LogP contribution in [0.1, 0.15) is 23.0 Å². The molecule has 0 saturated carbocycles. The molecule has 0 spiro atoms. The Balaban J connectivity index is 0.000000229. The summed E-state index contributed by atoms with van der Waals surface area (Å²) < 4.78 is 13.1. The van der Waals surface area contributed by atoms with Crippen LogP contribution in [0.25, 0.3) is 10.6 Å². The molecule has 1 aliphatic rings. The van der Waals surface area contributed by atoms with Crippen molar-refractivity contribution in [3.63, 3.8) is 0 Å². The number of thiazole rings is 1. The minimum atomic E-state index is -0.550. The first kappa shape index (κ1) is 17.4. The number of nitrogens with two attached hydrogens (primary N) is 1. The smallest absolute Gasteiger partial charge is 0.260 e. The average Bonchev–Trinajstić information content (AvgIpc) is 3.09. The lowest BCUT2D eigenvalue weighted by Gasteiger charge is -1.97. The molecule has 23 heavy (non-hydrogen) atoms. The fourth-order valence-electron chi connectivity index (χ4n) is 1.92. The molecule has 2 amide bonds. The van der Waals surface area contributed by atoms with Crippen LogP contribution in [0.4, 0.5) is 4.39 Å². The Morgan fingerprint density at radius 2 is 2.22 bits per heavy atom. The molecule has 1 fully saturated rings. The van der Waals surface area contributed by atoms with Crippen molar-refractivity contribution < 1.29 is 14.0 Å². The summed E-state index contributed by atoms with van der Waals surface area (Å²) in [4.78, 5) is 25.6. The number of hydrogen-bond acceptors (Lipinski definition) is 4. The van der Waals surface area contributed by atoms with Gasteiger partial charge in [-0.3, -0.25) is 9.59 Å². The fraction of sp³-hybridized carbons (Fsp3) is 0.267. The van der Waals surface area contributed by atoms with E-state index in [1.54, 1.807) is 6.07 Å². The van der Waals surface area contributed by atoms with Crippen molar-refractivity contribution in [3.05, 3.63) is 40.1 Å². The van der Waals surface area contributed by atoms with Gasteiger partial charge in [0.15, 0.2) is 0 Å². The molecule has 8 heteroatoms. The SMILES string of the molecule is CC1CCNC1=O.NC(=O)c1cnc(-c2cc(F)cc(Cl)c2)s1. The van der Waals surface area contributed by atoms with E-state index in [9.17, 15) is 14.0 Å². The van der Waals surface area contributed by atoms with Crippen LogP contribution in [0.5, 0.6) is 0 Å². The molecule has 122 valence electrons. The molecule has 2 heterocycles. The standard InChI is InChI=1S/C10H6ClFN2OS.C5H9NO/c11-6-1-5(2-7(12)3-6)10-14-4-8(16-10)9(13)15;1-4-2-3-6-5(4)7/h1-4H,(H2,13,15);4H,2-3H2,1H3,(H,6,7). The van der Waals surface area contributed by atoms with Crippen LogP contribution >= 0.6 is 22.9 Å². The number of nitrogens with zero attached hydrogens (tertiary/aromatic N) is 1. The minimum absolute atomic E-state index is 0.208. The van der Waals surface area contributed by atoms with Crippen molar-refractivity contribution in [2.75, 3.05) is 6.54 Å². The summed E-state index contributed by atoms with van der Waals surface area (Å²) in [5.41, 5.74) is 5.63. The Bertz CT molecular complexity index is 715. The van der Waals surface area contributed by atoms with E-state index in [0.717, 1.165) is 24.3 Å². The lowest BCUT2D eigenvalue weighted by atomic mass is 10.1. The van der Waals surface area contributed by atoms with E-state index in [2.05, 4.69) is 10.3 Å². The largest absolute Gasteiger partial charge is 0.365 e. The third-order valence-corrected chi connectivity index (χ3v) is 4.46. The van der Waals surface area contributed by atoms with Gasteiger partial charge in [-0.1, -0.05) is 18.5 Å². The first-order valence-corrected chi connectivity index (χ1v) is 8.06. The zero-order valence-corrected chi connectivity index (χ0v) is 13.9. The molecular formula is C15H15ClFN3O2S. The molecule has 3 rings (SSSR count). The Morgan fingerprint density at radius 1 is 1.48 bits per heavy atom. The van der Waals surface area contributed by atoms with E-state index in [4.69, 9.17) is 17.3 Å². The highest BCUT2D eigenvalue weighted by molar-refractivity contribution is 7.16. The van der Waals surface area contributed by atoms with Crippen LogP contribution in [0.3, 0.4) is 0 Å². The molecule has 2 aromatic rings. The predicted molar refractivity (Wildman–Crippen MR) is 87.8 cm³/mol. The number of halogens is 2. The Labute approximate surface area is 141 Å². The van der Waals surface area contributed by atoms with Crippen molar-refractivity contribution in [2.45, 2.75) is 13.3 Å². The molecule has 0 bridgehead atoms. The summed E-state index contributed by atoms with van der Waals surface area (Å²) in [6, 6.07) is 4.08. The second kappa shape index (κ2) is 7.52. The first-order chi connectivity index (χ1) is 10.9. The molecule has 1 aliphatic heterocycles. The minimum Gasteiger partial charge on any atom is -0.365 e. The zero-order valence-electron chi connectivity index (χ0n) is 12.3. The molecule has 1 aromatic carbocycles. The molecule has 3 N–H and O–H groups in total. The van der Waals surface area contributed by atoms with Gasteiger partial charge < -0.3 is 11.1 Å². The summed E-state index contributed by atoms with van der Waals surface area (Å²) in [5, 5.41) is 3.52. The topological polar surface area (TPSA) is 85.1 Å². The van der Waals surface area contributed by atoms with Crippen molar-refractivity contribution in [1.82, 2.24) is 10.3 Å². The molecule has 1 aromatic heterocycles. The van der Waals surface area contributed by atoms with E-state index in [1.165, 1.54) is 18.3 Å². The van der Waals surface area contributed by atoms with E-state index in [-0.39, 0.29) is 16.8 Å². The summed E-state index contributed by atoms with van der Waals surface area (Å²) in [6.45, 7) is 2.82. The van der Waals surface area contributed by atoms with Crippen LogP contribution in [0.15, 0.2) is 24.4 Å². The van der Waals surface area contributed by atoms with E-state index < -0.39 is 11.7 Å². The molecule has 0 aliphatic carbocycles. The van der Waals surface area contributed by atoms with E-state index in [1.807, 2.05) is 6.92 Å². The third kappa shape index (κ3) is 4.74. The number of carbonyl (C=O) groups is 2. The fourth-order valence-corrected chi connectivity index (χ4v) is 2.89. The van der Waals surface area contributed by atoms with Crippen molar-refractivity contribution in [2.24, 2.45) is 11.7 Å². The Morgan fingerprint density at radius 3 is 2.65 bits per heavy atom. The molecule has 1 atom stereocenters. The molecule has 0 radical (unpaired) electrons. The highest BCUT2D eigenvalue weighted by Gasteiger charge is 2.17. The lowest BCUT2D eigenvalue weighted by molar-refractivity contribution is -0.121. The summed E-state index contributed by atoms with van der Waals surface area (Å²) in [6.07, 6.45) is 2.37. The lowest BCUT2D eigenvalue weighted by Crippen LogP contribution is -2.16. The van der Waals surface area contributed by atoms with Crippen LogP contribution < -0.4 is 11.1 Å². The van der Waals surface area contributed by atoms with E-state index >= 15 is 0 Å². The van der Waals surface area contributed by atoms with Crippen molar-refractivity contribution in [1.29, 1.82) is 0 Å². The molecule has 5 nitrogen and oxygen atoms in total. The van der Waals surface area contributed by atoms with Gasteiger partial charge in [0, 0.05) is 23.0 Å². The summed E-state index contributed by atoms with van der Waals surface area (Å²) in [7, 11) is 0. The van der Waals surface area contributed by atoms with Gasteiger partial charge in [-0.25, -0.2) is 9.37 Å². The molecule has 1 unspecified atom stereocenters. The average molecular weight is 356 g/mol. The van der Waals surface area contributed by atoms with Crippen LogP contribution in [-0.2, 0) is 4.79 Å². The van der Waals surface area contributed by atoms with E-state index in [0.29, 0.717) is 15.4 Å². The summed E-state index contributed by atoms with van der Waals surface area (Å²) >= 11 is 6.82. The number of aromatic nitrogens is 1. The maximum absolute atomic E-state index is 13.1. The van der Waals surface area contributed by atoms with Gasteiger partial charge in [0.05, 0.1) is 6.20 Å². The van der Waals surface area contributed by atoms with Crippen LogP contribution in [0.2, 0.25) is 5.02 Å². The molecule has 1 saturated heterocycles. The number of hydrogen-bond donors (Lipinski definition) is 2. The maximum Gasteiger partial charge on any atom is 0.260 e. The molecular weight excluding hydrogens is 341 g/mol. The number of amides is 2. The van der Waals surface area contributed by atoms with Gasteiger partial charge in [0.25, 0.3) is 5.91 Å². The van der Waals surface area contributed by atoms with Gasteiger partial charge in [-0.2, -0.15) is 0 Å². The predicted octanol–water partition coefficient (Wildman–Crippen LogP) is 2.84.